The van der Waals surface area contributed by atoms with Gasteiger partial charge < -0.3 is 18.6 Å². The van der Waals surface area contributed by atoms with E-state index >= 15 is 0 Å². The van der Waals surface area contributed by atoms with Gasteiger partial charge in [-0.25, -0.2) is 4.68 Å². The van der Waals surface area contributed by atoms with Crippen LogP contribution in [0.2, 0.25) is 0 Å². The van der Waals surface area contributed by atoms with Crippen LogP contribution < -0.4 is 10.3 Å². The summed E-state index contributed by atoms with van der Waals surface area (Å²) in [6, 6.07) is 20.7. The average molecular weight is 551 g/mol. The lowest BCUT2D eigenvalue weighted by molar-refractivity contribution is 0.178. The van der Waals surface area contributed by atoms with Crippen molar-refractivity contribution >= 4 is 10.9 Å². The largest absolute Gasteiger partial charge is 0.497 e. The first-order valence-electron chi connectivity index (χ1n) is 13.3. The van der Waals surface area contributed by atoms with E-state index in [-0.39, 0.29) is 5.56 Å². The fourth-order valence-electron chi connectivity index (χ4n) is 5.21. The van der Waals surface area contributed by atoms with Crippen molar-refractivity contribution in [3.05, 3.63) is 129 Å². The maximum Gasteiger partial charge on any atom is 0.253 e. The summed E-state index contributed by atoms with van der Waals surface area (Å²) >= 11 is 0. The molecule has 4 heterocycles. The maximum absolute atomic E-state index is 13.9. The fourth-order valence-corrected chi connectivity index (χ4v) is 5.21. The standard InChI is InChI=1S/C31H30N6O4/c1-20-11-12-21(2)28-26(20)16-27(31(38)32-28)29(30-33-34-35-37(30)19-25-10-6-14-41-25)36(18-24-9-5-13-40-24)17-22-7-4-8-23(15-22)39-3/h4-16,29H,17-19H2,1-3H3,(H,32,38)/t29-/m1/s1. The van der Waals surface area contributed by atoms with Gasteiger partial charge in [-0.3, -0.25) is 9.69 Å². The summed E-state index contributed by atoms with van der Waals surface area (Å²) < 4.78 is 18.5. The van der Waals surface area contributed by atoms with Gasteiger partial charge >= 0.3 is 0 Å². The lowest BCUT2D eigenvalue weighted by atomic mass is 9.99. The molecule has 0 aliphatic rings. The Kier molecular flexibility index (Phi) is 7.22. The van der Waals surface area contributed by atoms with Crippen LogP contribution >= 0.6 is 0 Å². The molecule has 2 aromatic carbocycles. The SMILES string of the molecule is COc1cccc(CN(Cc2ccco2)[C@H](c2cc3c(C)ccc(C)c3[nH]c2=O)c2nnnn2Cc2ccco2)c1. The molecule has 1 atom stereocenters. The highest BCUT2D eigenvalue weighted by Crippen LogP contribution is 2.32. The minimum absolute atomic E-state index is 0.209. The Hall–Kier alpha value is -4.96. The van der Waals surface area contributed by atoms with Crippen molar-refractivity contribution in [1.29, 1.82) is 0 Å². The van der Waals surface area contributed by atoms with Crippen LogP contribution in [0.15, 0.2) is 92.9 Å². The van der Waals surface area contributed by atoms with E-state index in [0.29, 0.717) is 36.8 Å². The molecule has 0 aliphatic heterocycles. The second-order valence-electron chi connectivity index (χ2n) is 10.1. The number of aromatic nitrogens is 5. The maximum atomic E-state index is 13.9. The highest BCUT2D eigenvalue weighted by atomic mass is 16.5. The Morgan fingerprint density at radius 3 is 2.49 bits per heavy atom. The van der Waals surface area contributed by atoms with E-state index in [0.717, 1.165) is 39.1 Å². The number of hydrogen-bond acceptors (Lipinski definition) is 8. The quantitative estimate of drug-likeness (QED) is 0.249. The molecule has 0 unspecified atom stereocenters. The number of ether oxygens (including phenoxy) is 1. The van der Waals surface area contributed by atoms with Crippen molar-refractivity contribution in [3.63, 3.8) is 0 Å². The molecular formula is C31H30N6O4. The number of benzene rings is 2. The van der Waals surface area contributed by atoms with E-state index in [2.05, 4.69) is 31.5 Å². The topological polar surface area (TPSA) is 115 Å². The summed E-state index contributed by atoms with van der Waals surface area (Å²) in [4.78, 5) is 19.2. The predicted molar refractivity (Wildman–Crippen MR) is 152 cm³/mol. The van der Waals surface area contributed by atoms with Gasteiger partial charge in [0, 0.05) is 17.5 Å². The zero-order valence-corrected chi connectivity index (χ0v) is 23.1. The number of hydrogen-bond donors (Lipinski definition) is 1. The number of H-pyrrole nitrogens is 1. The van der Waals surface area contributed by atoms with E-state index in [1.807, 2.05) is 74.5 Å². The number of furan rings is 2. The van der Waals surface area contributed by atoms with Gasteiger partial charge in [-0.1, -0.05) is 24.3 Å². The van der Waals surface area contributed by atoms with Crippen LogP contribution in [0.1, 0.15) is 45.6 Å². The lowest BCUT2D eigenvalue weighted by Gasteiger charge is -2.30. The number of nitrogens with one attached hydrogen (secondary N) is 1. The van der Waals surface area contributed by atoms with Crippen molar-refractivity contribution < 1.29 is 13.6 Å². The summed E-state index contributed by atoms with van der Waals surface area (Å²) in [5.74, 6) is 2.69. The highest BCUT2D eigenvalue weighted by Gasteiger charge is 2.32. The molecule has 0 bridgehead atoms. The summed E-state index contributed by atoms with van der Waals surface area (Å²) in [5.41, 5.74) is 4.18. The van der Waals surface area contributed by atoms with E-state index < -0.39 is 6.04 Å². The molecule has 0 spiro atoms. The van der Waals surface area contributed by atoms with Crippen LogP contribution in [-0.2, 0) is 19.6 Å². The van der Waals surface area contributed by atoms with Gasteiger partial charge in [-0.2, -0.15) is 0 Å². The van der Waals surface area contributed by atoms with Crippen LogP contribution in [0.4, 0.5) is 0 Å². The molecule has 6 rings (SSSR count). The Morgan fingerprint density at radius 1 is 0.951 bits per heavy atom. The smallest absolute Gasteiger partial charge is 0.253 e. The third-order valence-electron chi connectivity index (χ3n) is 7.28. The van der Waals surface area contributed by atoms with Crippen molar-refractivity contribution in [2.24, 2.45) is 0 Å². The summed E-state index contributed by atoms with van der Waals surface area (Å²) in [5, 5.41) is 13.8. The van der Waals surface area contributed by atoms with E-state index in [9.17, 15) is 4.79 Å². The van der Waals surface area contributed by atoms with Crippen LogP contribution in [0.25, 0.3) is 10.9 Å². The molecule has 10 nitrogen and oxygen atoms in total. The minimum atomic E-state index is -0.635. The normalized spacial score (nSPS) is 12.3. The number of tetrazole rings is 1. The third kappa shape index (κ3) is 5.42. The summed E-state index contributed by atoms with van der Waals surface area (Å²) in [6.07, 6.45) is 3.26. The number of fused-ring (bicyclic) bond motifs is 1. The van der Waals surface area contributed by atoms with Gasteiger partial charge in [0.1, 0.15) is 29.9 Å². The Morgan fingerprint density at radius 2 is 1.73 bits per heavy atom. The first kappa shape index (κ1) is 26.3. The number of pyridine rings is 1. The van der Waals surface area contributed by atoms with Gasteiger partial charge in [0.05, 0.1) is 31.7 Å². The molecule has 0 aliphatic carbocycles. The number of methoxy groups -OCH3 is 1. The molecule has 0 saturated carbocycles. The highest BCUT2D eigenvalue weighted by molar-refractivity contribution is 5.85. The first-order valence-corrected chi connectivity index (χ1v) is 13.3. The number of aryl methyl sites for hydroxylation is 2. The fraction of sp³-hybridized carbons (Fsp3) is 0.226. The second kappa shape index (κ2) is 11.3. The Balaban J connectivity index is 1.55. The molecule has 41 heavy (non-hydrogen) atoms. The van der Waals surface area contributed by atoms with Crippen LogP contribution in [-0.4, -0.2) is 37.2 Å². The monoisotopic (exact) mass is 550 g/mol. The molecule has 0 amide bonds. The van der Waals surface area contributed by atoms with Crippen LogP contribution in [0, 0.1) is 13.8 Å². The molecule has 6 aromatic rings. The molecular weight excluding hydrogens is 520 g/mol. The zero-order chi connectivity index (χ0) is 28.3. The minimum Gasteiger partial charge on any atom is -0.497 e. The van der Waals surface area contributed by atoms with Gasteiger partial charge in [-0.05, 0) is 83.4 Å². The number of rotatable bonds is 10. The molecule has 1 N–H and O–H groups in total. The second-order valence-corrected chi connectivity index (χ2v) is 10.1. The molecule has 10 heteroatoms. The lowest BCUT2D eigenvalue weighted by Crippen LogP contribution is -2.35. The van der Waals surface area contributed by atoms with Crippen molar-refractivity contribution in [2.45, 2.75) is 39.5 Å². The van der Waals surface area contributed by atoms with Crippen molar-refractivity contribution in [2.75, 3.05) is 7.11 Å². The average Bonchev–Trinajstić information content (AvgIpc) is 3.77. The summed E-state index contributed by atoms with van der Waals surface area (Å²) in [7, 11) is 1.64. The van der Waals surface area contributed by atoms with Crippen molar-refractivity contribution in [1.82, 2.24) is 30.1 Å². The van der Waals surface area contributed by atoms with E-state index in [1.165, 1.54) is 0 Å². The van der Waals surface area contributed by atoms with Crippen LogP contribution in [0.5, 0.6) is 5.75 Å². The number of nitrogens with zero attached hydrogens (tertiary/aromatic N) is 5. The van der Waals surface area contributed by atoms with E-state index in [1.54, 1.807) is 24.3 Å². The summed E-state index contributed by atoms with van der Waals surface area (Å²) in [6.45, 7) is 5.19. The molecule has 0 saturated heterocycles. The molecule has 0 radical (unpaired) electrons. The Labute approximate surface area is 236 Å². The van der Waals surface area contributed by atoms with Crippen molar-refractivity contribution in [3.8, 4) is 5.75 Å². The molecule has 4 aromatic heterocycles. The van der Waals surface area contributed by atoms with Gasteiger partial charge in [0.25, 0.3) is 5.56 Å². The third-order valence-corrected chi connectivity index (χ3v) is 7.28. The van der Waals surface area contributed by atoms with Gasteiger partial charge in [0.2, 0.25) is 0 Å². The first-order chi connectivity index (χ1) is 20.0. The Bertz CT molecular complexity index is 1820. The van der Waals surface area contributed by atoms with E-state index in [4.69, 9.17) is 13.6 Å². The van der Waals surface area contributed by atoms with Crippen LogP contribution in [0.3, 0.4) is 0 Å². The van der Waals surface area contributed by atoms with Gasteiger partial charge in [0.15, 0.2) is 5.82 Å². The predicted octanol–water partition coefficient (Wildman–Crippen LogP) is 5.17. The molecule has 0 fully saturated rings. The van der Waals surface area contributed by atoms with Gasteiger partial charge in [-0.15, -0.1) is 5.10 Å². The molecule has 208 valence electrons. The number of aromatic amines is 1. The zero-order valence-electron chi connectivity index (χ0n) is 23.1.